The maximum Gasteiger partial charge on any atom is 0.287 e. The number of benzene rings is 2. The zero-order valence-electron chi connectivity index (χ0n) is 13.1. The molecule has 0 N–H and O–H groups in total. The predicted octanol–water partition coefficient (Wildman–Crippen LogP) is 3.69. The summed E-state index contributed by atoms with van der Waals surface area (Å²) in [7, 11) is 1.60. The fourth-order valence-electron chi connectivity index (χ4n) is 2.33. The standard InChI is InChI=1S/C19H16BrN2O2/c1-24-17-7-5-14(6-8-17)19(23)12-22-10-9-18(21-13-22)15-3-2-4-16(20)11-15/h2-11,13H,12H2,1H3/q+1. The number of hydrogen-bond donors (Lipinski definition) is 0. The van der Waals surface area contributed by atoms with Gasteiger partial charge in [-0.3, -0.25) is 4.79 Å². The molecule has 0 bridgehead atoms. The topological polar surface area (TPSA) is 43.1 Å². The van der Waals surface area contributed by atoms with Gasteiger partial charge in [-0.25, -0.2) is 4.57 Å². The number of hydrogen-bond acceptors (Lipinski definition) is 3. The molecule has 3 aromatic rings. The second kappa shape index (κ2) is 7.36. The number of Topliss-reactive ketones (excluding diaryl/α,β-unsaturated/α-hetero) is 1. The van der Waals surface area contributed by atoms with Gasteiger partial charge < -0.3 is 4.74 Å². The fraction of sp³-hybridized carbons (Fsp3) is 0.105. The van der Waals surface area contributed by atoms with Crippen LogP contribution in [-0.4, -0.2) is 17.9 Å². The summed E-state index contributed by atoms with van der Waals surface area (Å²) in [6.45, 7) is 0.248. The van der Waals surface area contributed by atoms with Gasteiger partial charge in [0.2, 0.25) is 5.78 Å². The summed E-state index contributed by atoms with van der Waals surface area (Å²) in [5, 5.41) is 0. The van der Waals surface area contributed by atoms with Gasteiger partial charge in [-0.2, -0.15) is 0 Å². The Hall–Kier alpha value is -2.53. The van der Waals surface area contributed by atoms with Crippen molar-refractivity contribution in [1.29, 1.82) is 0 Å². The van der Waals surface area contributed by atoms with E-state index in [0.717, 1.165) is 21.5 Å². The SMILES string of the molecule is COc1ccc(C(=O)C[n+]2ccc(-c3cccc(Br)c3)nc2)cc1. The molecular formula is C19H16BrN2O2+. The molecule has 0 aliphatic rings. The van der Waals surface area contributed by atoms with Crippen molar-refractivity contribution in [3.05, 3.63) is 77.2 Å². The number of carbonyl (C=O) groups is 1. The van der Waals surface area contributed by atoms with Gasteiger partial charge >= 0.3 is 0 Å². The molecule has 1 aromatic heterocycles. The molecular weight excluding hydrogens is 368 g/mol. The van der Waals surface area contributed by atoms with Gasteiger partial charge in [-0.15, -0.1) is 0 Å². The Morgan fingerprint density at radius 1 is 1.17 bits per heavy atom. The lowest BCUT2D eigenvalue weighted by Gasteiger charge is -2.03. The fourth-order valence-corrected chi connectivity index (χ4v) is 2.73. The second-order valence-electron chi connectivity index (χ2n) is 5.28. The Morgan fingerprint density at radius 2 is 1.96 bits per heavy atom. The number of halogens is 1. The highest BCUT2D eigenvalue weighted by atomic mass is 79.9. The number of nitrogens with zero attached hydrogens (tertiary/aromatic N) is 2. The summed E-state index contributed by atoms with van der Waals surface area (Å²) < 4.78 is 7.88. The van der Waals surface area contributed by atoms with E-state index in [4.69, 9.17) is 4.74 Å². The summed E-state index contributed by atoms with van der Waals surface area (Å²) >= 11 is 3.46. The largest absolute Gasteiger partial charge is 0.497 e. The van der Waals surface area contributed by atoms with Crippen molar-refractivity contribution in [2.45, 2.75) is 6.54 Å². The van der Waals surface area contributed by atoms with Gasteiger partial charge in [0.15, 0.2) is 12.2 Å². The molecule has 0 aliphatic heterocycles. The first-order valence-corrected chi connectivity index (χ1v) is 8.23. The summed E-state index contributed by atoms with van der Waals surface area (Å²) in [5.41, 5.74) is 2.54. The third-order valence-corrected chi connectivity index (χ3v) is 4.12. The summed E-state index contributed by atoms with van der Waals surface area (Å²) in [5.74, 6) is 0.763. The van der Waals surface area contributed by atoms with Gasteiger partial charge in [0.25, 0.3) is 6.33 Å². The summed E-state index contributed by atoms with van der Waals surface area (Å²) in [6.07, 6.45) is 3.54. The van der Waals surface area contributed by atoms with Crippen molar-refractivity contribution < 1.29 is 14.1 Å². The van der Waals surface area contributed by atoms with E-state index in [-0.39, 0.29) is 12.3 Å². The van der Waals surface area contributed by atoms with E-state index in [1.54, 1.807) is 42.3 Å². The minimum Gasteiger partial charge on any atom is -0.497 e. The molecule has 0 saturated carbocycles. The van der Waals surface area contributed by atoms with Crippen LogP contribution in [0.25, 0.3) is 11.3 Å². The van der Waals surface area contributed by atoms with E-state index in [1.807, 2.05) is 36.5 Å². The molecule has 0 unspecified atom stereocenters. The highest BCUT2D eigenvalue weighted by Gasteiger charge is 2.12. The zero-order valence-corrected chi connectivity index (χ0v) is 14.7. The highest BCUT2D eigenvalue weighted by Crippen LogP contribution is 2.20. The van der Waals surface area contributed by atoms with Crippen LogP contribution in [0.15, 0.2) is 71.6 Å². The molecule has 3 rings (SSSR count). The monoisotopic (exact) mass is 383 g/mol. The first-order valence-electron chi connectivity index (χ1n) is 7.44. The van der Waals surface area contributed by atoms with Gasteiger partial charge in [0, 0.05) is 21.7 Å². The van der Waals surface area contributed by atoms with Crippen LogP contribution in [-0.2, 0) is 6.54 Å². The van der Waals surface area contributed by atoms with Gasteiger partial charge in [0.1, 0.15) is 5.75 Å². The number of methoxy groups -OCH3 is 1. The van der Waals surface area contributed by atoms with Crippen molar-refractivity contribution in [2.24, 2.45) is 0 Å². The first kappa shape index (κ1) is 16.3. The van der Waals surface area contributed by atoms with Crippen LogP contribution in [0, 0.1) is 0 Å². The molecule has 0 radical (unpaired) electrons. The van der Waals surface area contributed by atoms with Crippen LogP contribution < -0.4 is 9.30 Å². The van der Waals surface area contributed by atoms with Crippen molar-refractivity contribution in [1.82, 2.24) is 4.98 Å². The number of aromatic nitrogens is 2. The molecule has 2 aromatic carbocycles. The number of rotatable bonds is 5. The van der Waals surface area contributed by atoms with E-state index in [2.05, 4.69) is 20.9 Å². The number of carbonyl (C=O) groups excluding carboxylic acids is 1. The molecule has 0 aliphatic carbocycles. The van der Waals surface area contributed by atoms with Crippen molar-refractivity contribution >= 4 is 21.7 Å². The van der Waals surface area contributed by atoms with Crippen LogP contribution in [0.1, 0.15) is 10.4 Å². The molecule has 0 amide bonds. The van der Waals surface area contributed by atoms with Crippen LogP contribution in [0.3, 0.4) is 0 Å². The van der Waals surface area contributed by atoms with Crippen molar-refractivity contribution in [3.8, 4) is 17.0 Å². The molecule has 120 valence electrons. The van der Waals surface area contributed by atoms with Crippen LogP contribution >= 0.6 is 15.9 Å². The second-order valence-corrected chi connectivity index (χ2v) is 6.20. The molecule has 1 heterocycles. The van der Waals surface area contributed by atoms with Gasteiger partial charge in [-0.1, -0.05) is 28.1 Å². The first-order chi connectivity index (χ1) is 11.7. The lowest BCUT2D eigenvalue weighted by Crippen LogP contribution is -2.37. The van der Waals surface area contributed by atoms with E-state index < -0.39 is 0 Å². The lowest BCUT2D eigenvalue weighted by atomic mass is 10.1. The molecule has 4 nitrogen and oxygen atoms in total. The third-order valence-electron chi connectivity index (χ3n) is 3.63. The van der Waals surface area contributed by atoms with E-state index >= 15 is 0 Å². The van der Waals surface area contributed by atoms with Crippen molar-refractivity contribution in [3.63, 3.8) is 0 Å². The molecule has 5 heteroatoms. The number of ketones is 1. The minimum atomic E-state index is 0.0275. The molecule has 0 fully saturated rings. The van der Waals surface area contributed by atoms with Gasteiger partial charge in [0.05, 0.1) is 13.3 Å². The Morgan fingerprint density at radius 3 is 2.58 bits per heavy atom. The van der Waals surface area contributed by atoms with Crippen LogP contribution in [0.5, 0.6) is 5.75 Å². The van der Waals surface area contributed by atoms with Gasteiger partial charge in [-0.05, 0) is 41.4 Å². The highest BCUT2D eigenvalue weighted by molar-refractivity contribution is 9.10. The maximum atomic E-state index is 12.3. The molecule has 0 saturated heterocycles. The maximum absolute atomic E-state index is 12.3. The smallest absolute Gasteiger partial charge is 0.287 e. The average Bonchev–Trinajstić information content (AvgIpc) is 2.62. The van der Waals surface area contributed by atoms with Crippen LogP contribution in [0.4, 0.5) is 0 Å². The summed E-state index contributed by atoms with van der Waals surface area (Å²) in [6, 6.07) is 17.0. The van der Waals surface area contributed by atoms with E-state index in [1.165, 1.54) is 0 Å². The number of ether oxygens (including phenoxy) is 1. The molecule has 24 heavy (non-hydrogen) atoms. The van der Waals surface area contributed by atoms with Crippen LogP contribution in [0.2, 0.25) is 0 Å². The zero-order chi connectivity index (χ0) is 16.9. The Kier molecular flexibility index (Phi) is 5.01. The normalized spacial score (nSPS) is 10.4. The third kappa shape index (κ3) is 3.86. The quantitative estimate of drug-likeness (QED) is 0.498. The van der Waals surface area contributed by atoms with Crippen molar-refractivity contribution in [2.75, 3.05) is 7.11 Å². The van der Waals surface area contributed by atoms with E-state index in [9.17, 15) is 4.79 Å². The lowest BCUT2D eigenvalue weighted by molar-refractivity contribution is -0.686. The summed E-state index contributed by atoms with van der Waals surface area (Å²) in [4.78, 5) is 16.8. The molecule has 0 spiro atoms. The molecule has 0 atom stereocenters. The average molecular weight is 384 g/mol. The Bertz CT molecular complexity index is 846. The Balaban J connectivity index is 1.72. The Labute approximate surface area is 148 Å². The minimum absolute atomic E-state index is 0.0275. The predicted molar refractivity (Wildman–Crippen MR) is 94.9 cm³/mol. The van der Waals surface area contributed by atoms with E-state index in [0.29, 0.717) is 5.56 Å².